The maximum Gasteiger partial charge on any atom is 0.325 e. The molecule has 4 atom stereocenters. The van der Waals surface area contributed by atoms with E-state index in [0.717, 1.165) is 36.3 Å². The van der Waals surface area contributed by atoms with Gasteiger partial charge in [-0.1, -0.05) is 43.3 Å². The van der Waals surface area contributed by atoms with Gasteiger partial charge in [-0.3, -0.25) is 9.69 Å². The van der Waals surface area contributed by atoms with E-state index in [1.807, 2.05) is 42.5 Å². The zero-order valence-corrected chi connectivity index (χ0v) is 21.9. The first-order chi connectivity index (χ1) is 18.5. The highest BCUT2D eigenvalue weighted by Gasteiger charge is 2.39. The van der Waals surface area contributed by atoms with Crippen molar-refractivity contribution in [3.05, 3.63) is 65.2 Å². The highest BCUT2D eigenvalue weighted by molar-refractivity contribution is 5.91. The standard InChI is InChI=1S/C28H37N3O7/c1-3-36-25(33)16-29-28(34)30-23-6-4-5-22(15-23)27-37-24(17-31-11-13-35-14-12-31)19(2)26(38-27)21-9-7-20(18-32)8-10-21/h4-10,15,19,24,26-27,32H,3,11-14,16-18H2,1-2H3,(H2,29,30,34)/t19-,24+,26+,27+/m1/s1. The van der Waals surface area contributed by atoms with E-state index < -0.39 is 18.3 Å². The summed E-state index contributed by atoms with van der Waals surface area (Å²) in [6.07, 6.45) is -0.972. The van der Waals surface area contributed by atoms with E-state index in [0.29, 0.717) is 18.9 Å². The van der Waals surface area contributed by atoms with Gasteiger partial charge < -0.3 is 34.7 Å². The number of ether oxygens (including phenoxy) is 4. The minimum absolute atomic E-state index is 0.0140. The predicted molar refractivity (Wildman–Crippen MR) is 140 cm³/mol. The average Bonchev–Trinajstić information content (AvgIpc) is 2.94. The Bertz CT molecular complexity index is 1060. The molecule has 206 valence electrons. The number of morpholine rings is 1. The Morgan fingerprint density at radius 2 is 1.84 bits per heavy atom. The smallest absolute Gasteiger partial charge is 0.325 e. The van der Waals surface area contributed by atoms with Crippen molar-refractivity contribution in [2.45, 2.75) is 39.0 Å². The molecule has 38 heavy (non-hydrogen) atoms. The number of esters is 1. The first-order valence-electron chi connectivity index (χ1n) is 13.1. The summed E-state index contributed by atoms with van der Waals surface area (Å²) in [5.74, 6) is -0.428. The summed E-state index contributed by atoms with van der Waals surface area (Å²) in [4.78, 5) is 26.2. The molecule has 2 heterocycles. The first kappa shape index (κ1) is 28.0. The maximum absolute atomic E-state index is 12.3. The number of amides is 2. The van der Waals surface area contributed by atoms with Gasteiger partial charge in [0.15, 0.2) is 6.29 Å². The summed E-state index contributed by atoms with van der Waals surface area (Å²) in [6.45, 7) is 7.75. The highest BCUT2D eigenvalue weighted by Crippen LogP contribution is 2.42. The van der Waals surface area contributed by atoms with Gasteiger partial charge in [-0.25, -0.2) is 4.79 Å². The van der Waals surface area contributed by atoms with Gasteiger partial charge in [0.25, 0.3) is 0 Å². The SMILES string of the molecule is CCOC(=O)CNC(=O)Nc1cccc([C@H]2O[C@@H](CN3CCOCC3)[C@@H](C)[C@@H](c3ccc(CO)cc3)O2)c1. The summed E-state index contributed by atoms with van der Waals surface area (Å²) >= 11 is 0. The topological polar surface area (TPSA) is 119 Å². The van der Waals surface area contributed by atoms with Crippen molar-refractivity contribution in [2.75, 3.05) is 51.3 Å². The number of carbonyl (C=O) groups is 2. The number of aliphatic hydroxyl groups is 1. The van der Waals surface area contributed by atoms with Crippen LogP contribution in [-0.4, -0.2) is 74.1 Å². The van der Waals surface area contributed by atoms with Crippen molar-refractivity contribution in [1.82, 2.24) is 10.2 Å². The fourth-order valence-electron chi connectivity index (χ4n) is 4.67. The Morgan fingerprint density at radius 1 is 1.08 bits per heavy atom. The third kappa shape index (κ3) is 7.52. The van der Waals surface area contributed by atoms with Crippen molar-refractivity contribution in [2.24, 2.45) is 5.92 Å². The molecule has 0 aliphatic carbocycles. The highest BCUT2D eigenvalue weighted by atomic mass is 16.7. The molecule has 0 saturated carbocycles. The van der Waals surface area contributed by atoms with E-state index in [1.54, 1.807) is 13.0 Å². The van der Waals surface area contributed by atoms with Gasteiger partial charge in [0, 0.05) is 36.8 Å². The fourth-order valence-corrected chi connectivity index (χ4v) is 4.67. The van der Waals surface area contributed by atoms with E-state index in [4.69, 9.17) is 18.9 Å². The van der Waals surface area contributed by atoms with Crippen LogP contribution in [0.3, 0.4) is 0 Å². The molecule has 2 saturated heterocycles. The van der Waals surface area contributed by atoms with Gasteiger partial charge in [0.2, 0.25) is 0 Å². The van der Waals surface area contributed by atoms with Crippen molar-refractivity contribution in [3.8, 4) is 0 Å². The molecule has 2 aliphatic heterocycles. The molecule has 0 spiro atoms. The number of urea groups is 1. The van der Waals surface area contributed by atoms with Crippen molar-refractivity contribution in [1.29, 1.82) is 0 Å². The Labute approximate surface area is 223 Å². The number of hydrogen-bond acceptors (Lipinski definition) is 8. The van der Waals surface area contributed by atoms with Crippen molar-refractivity contribution < 1.29 is 33.6 Å². The average molecular weight is 528 g/mol. The number of benzene rings is 2. The molecule has 2 aliphatic rings. The zero-order valence-electron chi connectivity index (χ0n) is 21.9. The molecular formula is C28H37N3O7. The number of hydrogen-bond donors (Lipinski definition) is 3. The fraction of sp³-hybridized carbons (Fsp3) is 0.500. The van der Waals surface area contributed by atoms with Gasteiger partial charge in [-0.2, -0.15) is 0 Å². The summed E-state index contributed by atoms with van der Waals surface area (Å²) in [7, 11) is 0. The maximum atomic E-state index is 12.3. The Balaban J connectivity index is 1.50. The molecule has 4 rings (SSSR count). The van der Waals surface area contributed by atoms with E-state index in [9.17, 15) is 14.7 Å². The minimum atomic E-state index is -0.649. The molecule has 2 fully saturated rings. The third-order valence-corrected chi connectivity index (χ3v) is 6.78. The summed E-state index contributed by atoms with van der Waals surface area (Å²) in [5, 5.41) is 14.7. The van der Waals surface area contributed by atoms with Crippen LogP contribution in [0.2, 0.25) is 0 Å². The van der Waals surface area contributed by atoms with Crippen molar-refractivity contribution in [3.63, 3.8) is 0 Å². The lowest BCUT2D eigenvalue weighted by Gasteiger charge is -2.43. The number of nitrogens with one attached hydrogen (secondary N) is 2. The van der Waals surface area contributed by atoms with Crippen LogP contribution in [0.4, 0.5) is 10.5 Å². The molecule has 0 aromatic heterocycles. The molecular weight excluding hydrogens is 490 g/mol. The minimum Gasteiger partial charge on any atom is -0.465 e. The number of rotatable bonds is 9. The lowest BCUT2D eigenvalue weighted by molar-refractivity contribution is -0.277. The molecule has 0 unspecified atom stereocenters. The van der Waals surface area contributed by atoms with Gasteiger partial charge >= 0.3 is 12.0 Å². The van der Waals surface area contributed by atoms with E-state index in [-0.39, 0.29) is 37.9 Å². The summed E-state index contributed by atoms with van der Waals surface area (Å²) in [5.41, 5.74) is 3.17. The molecule has 10 nitrogen and oxygen atoms in total. The van der Waals surface area contributed by atoms with Gasteiger partial charge in [0.1, 0.15) is 6.54 Å². The molecule has 10 heteroatoms. The molecule has 2 amide bonds. The molecule has 0 bridgehead atoms. The van der Waals surface area contributed by atoms with Crippen LogP contribution in [0.5, 0.6) is 0 Å². The normalized spacial score (nSPS) is 24.0. The largest absolute Gasteiger partial charge is 0.465 e. The van der Waals surface area contributed by atoms with Crippen LogP contribution in [0, 0.1) is 5.92 Å². The second-order valence-electron chi connectivity index (χ2n) is 9.47. The predicted octanol–water partition coefficient (Wildman–Crippen LogP) is 2.99. The molecule has 3 N–H and O–H groups in total. The number of carbonyl (C=O) groups excluding carboxylic acids is 2. The number of anilines is 1. The second kappa shape index (κ2) is 13.7. The van der Waals surface area contributed by atoms with Crippen LogP contribution >= 0.6 is 0 Å². The Hall–Kier alpha value is -3.02. The van der Waals surface area contributed by atoms with E-state index >= 15 is 0 Å². The van der Waals surface area contributed by atoms with Crippen LogP contribution in [0.25, 0.3) is 0 Å². The first-order valence-corrected chi connectivity index (χ1v) is 13.1. The van der Waals surface area contributed by atoms with Crippen molar-refractivity contribution >= 4 is 17.7 Å². The molecule has 2 aromatic carbocycles. The van der Waals surface area contributed by atoms with Crippen LogP contribution in [-0.2, 0) is 30.3 Å². The van der Waals surface area contributed by atoms with Crippen LogP contribution in [0.15, 0.2) is 48.5 Å². The lowest BCUT2D eigenvalue weighted by Crippen LogP contribution is -2.47. The Kier molecular flexibility index (Phi) is 10.1. The molecule has 0 radical (unpaired) electrons. The quantitative estimate of drug-likeness (QED) is 0.426. The number of nitrogens with zero attached hydrogens (tertiary/aromatic N) is 1. The Morgan fingerprint density at radius 3 is 2.55 bits per heavy atom. The van der Waals surface area contributed by atoms with E-state index in [2.05, 4.69) is 22.5 Å². The summed E-state index contributed by atoms with van der Waals surface area (Å²) < 4.78 is 23.4. The number of aliphatic hydroxyl groups excluding tert-OH is 1. The third-order valence-electron chi connectivity index (χ3n) is 6.78. The molecule has 2 aromatic rings. The lowest BCUT2D eigenvalue weighted by atomic mass is 9.90. The van der Waals surface area contributed by atoms with Crippen LogP contribution in [0.1, 0.15) is 42.9 Å². The zero-order chi connectivity index (χ0) is 26.9. The van der Waals surface area contributed by atoms with Gasteiger partial charge in [-0.15, -0.1) is 0 Å². The summed E-state index contributed by atoms with van der Waals surface area (Å²) in [6, 6.07) is 14.6. The monoisotopic (exact) mass is 527 g/mol. The van der Waals surface area contributed by atoms with Gasteiger partial charge in [0.05, 0.1) is 38.6 Å². The van der Waals surface area contributed by atoms with E-state index in [1.165, 1.54) is 0 Å². The second-order valence-corrected chi connectivity index (χ2v) is 9.47. The van der Waals surface area contributed by atoms with Gasteiger partial charge in [-0.05, 0) is 30.2 Å². The van der Waals surface area contributed by atoms with Crippen LogP contribution < -0.4 is 10.6 Å².